The van der Waals surface area contributed by atoms with Crippen LogP contribution in [-0.2, 0) is 4.79 Å². The van der Waals surface area contributed by atoms with Crippen LogP contribution in [0.5, 0.6) is 0 Å². The average molecular weight is 427 g/mol. The summed E-state index contributed by atoms with van der Waals surface area (Å²) in [6.07, 6.45) is 14.7. The van der Waals surface area contributed by atoms with E-state index in [4.69, 9.17) is 0 Å². The molecule has 5 fully saturated rings. The summed E-state index contributed by atoms with van der Waals surface area (Å²) in [7, 11) is 0. The molecule has 0 aromatic rings. The van der Waals surface area contributed by atoms with E-state index in [0.29, 0.717) is 32.9 Å². The highest BCUT2D eigenvalue weighted by atomic mass is 16.1. The lowest BCUT2D eigenvalue weighted by molar-refractivity contribution is -0.248. The topological polar surface area (TPSA) is 17.1 Å². The molecule has 0 aromatic carbocycles. The second kappa shape index (κ2) is 6.41. The molecule has 5 saturated carbocycles. The standard InChI is InChI=1S/C30H50O/c1-20-23(31)11-14-28(6)21-10-13-30(8)24-19-25(2,3)15-16-26(24,4)17-18-29(30,7)22(21)9-12-27(20,28)5/h20-22,24H,9-19H2,1-8H3/t20-,21+,22-,24+,26+,27+,28-,29+,30-/m0/s1. The van der Waals surface area contributed by atoms with E-state index in [-0.39, 0.29) is 11.3 Å². The predicted octanol–water partition coefficient (Wildman–Crippen LogP) is 8.46. The Morgan fingerprint density at radius 1 is 0.645 bits per heavy atom. The molecule has 0 aliphatic heterocycles. The van der Waals surface area contributed by atoms with Gasteiger partial charge in [-0.1, -0.05) is 55.4 Å². The minimum absolute atomic E-state index is 0.212. The van der Waals surface area contributed by atoms with Gasteiger partial charge in [0.15, 0.2) is 0 Å². The van der Waals surface area contributed by atoms with Crippen LogP contribution in [-0.4, -0.2) is 5.78 Å². The molecule has 1 heteroatoms. The molecule has 1 nitrogen and oxygen atoms in total. The highest BCUT2D eigenvalue weighted by Crippen LogP contribution is 2.77. The lowest BCUT2D eigenvalue weighted by Crippen LogP contribution is -2.67. The van der Waals surface area contributed by atoms with Gasteiger partial charge in [0.05, 0.1) is 0 Å². The first-order valence-electron chi connectivity index (χ1n) is 13.8. The first kappa shape index (κ1) is 22.5. The van der Waals surface area contributed by atoms with Crippen LogP contribution in [0.1, 0.15) is 126 Å². The van der Waals surface area contributed by atoms with Crippen molar-refractivity contribution in [3.63, 3.8) is 0 Å². The maximum Gasteiger partial charge on any atom is 0.136 e. The Labute approximate surface area is 192 Å². The van der Waals surface area contributed by atoms with E-state index in [1.807, 2.05) is 0 Å². The monoisotopic (exact) mass is 426 g/mol. The van der Waals surface area contributed by atoms with Crippen molar-refractivity contribution in [2.75, 3.05) is 0 Å². The Balaban J connectivity index is 1.54. The van der Waals surface area contributed by atoms with Crippen LogP contribution in [0.4, 0.5) is 0 Å². The zero-order valence-electron chi connectivity index (χ0n) is 22.0. The van der Waals surface area contributed by atoms with Crippen molar-refractivity contribution in [2.45, 2.75) is 126 Å². The van der Waals surface area contributed by atoms with Gasteiger partial charge >= 0.3 is 0 Å². The van der Waals surface area contributed by atoms with Gasteiger partial charge < -0.3 is 0 Å². The highest BCUT2D eigenvalue weighted by Gasteiger charge is 2.70. The van der Waals surface area contributed by atoms with Gasteiger partial charge in [-0.25, -0.2) is 0 Å². The van der Waals surface area contributed by atoms with Crippen molar-refractivity contribution >= 4 is 5.78 Å². The summed E-state index contributed by atoms with van der Waals surface area (Å²) in [5.74, 6) is 3.36. The molecule has 0 amide bonds. The molecule has 0 bridgehead atoms. The van der Waals surface area contributed by atoms with Crippen molar-refractivity contribution in [1.82, 2.24) is 0 Å². The lowest BCUT2D eigenvalue weighted by Gasteiger charge is -2.74. The molecule has 0 unspecified atom stereocenters. The van der Waals surface area contributed by atoms with Crippen LogP contribution in [0, 0.1) is 56.2 Å². The summed E-state index contributed by atoms with van der Waals surface area (Å²) in [5, 5.41) is 0. The van der Waals surface area contributed by atoms with Crippen LogP contribution < -0.4 is 0 Å². The van der Waals surface area contributed by atoms with Crippen molar-refractivity contribution in [3.05, 3.63) is 0 Å². The minimum atomic E-state index is 0.212. The zero-order valence-corrected chi connectivity index (χ0v) is 22.0. The van der Waals surface area contributed by atoms with E-state index in [1.54, 1.807) is 0 Å². The highest BCUT2D eigenvalue weighted by molar-refractivity contribution is 5.82. The quantitative estimate of drug-likeness (QED) is 0.379. The van der Waals surface area contributed by atoms with Crippen molar-refractivity contribution in [1.29, 1.82) is 0 Å². The Kier molecular flexibility index (Phi) is 4.65. The molecule has 0 heterocycles. The van der Waals surface area contributed by atoms with E-state index in [9.17, 15) is 4.79 Å². The minimum Gasteiger partial charge on any atom is -0.299 e. The molecule has 0 saturated heterocycles. The lowest BCUT2D eigenvalue weighted by atomic mass is 9.31. The third kappa shape index (κ3) is 2.65. The first-order chi connectivity index (χ1) is 14.2. The molecular formula is C30H50O. The predicted molar refractivity (Wildman–Crippen MR) is 130 cm³/mol. The number of Topliss-reactive ketones (excluding diaryl/α,β-unsaturated/α-hetero) is 1. The van der Waals surface area contributed by atoms with Gasteiger partial charge in [0.2, 0.25) is 0 Å². The van der Waals surface area contributed by atoms with Gasteiger partial charge in [-0.05, 0) is 114 Å². The Hall–Kier alpha value is -0.330. The largest absolute Gasteiger partial charge is 0.299 e. The van der Waals surface area contributed by atoms with Crippen LogP contribution in [0.15, 0.2) is 0 Å². The number of rotatable bonds is 0. The van der Waals surface area contributed by atoms with Gasteiger partial charge in [-0.2, -0.15) is 0 Å². The molecule has 0 radical (unpaired) electrons. The van der Waals surface area contributed by atoms with Crippen LogP contribution in [0.3, 0.4) is 0 Å². The number of hydrogen-bond acceptors (Lipinski definition) is 1. The van der Waals surface area contributed by atoms with Gasteiger partial charge in [0.1, 0.15) is 5.78 Å². The summed E-state index contributed by atoms with van der Waals surface area (Å²) in [6, 6.07) is 0. The van der Waals surface area contributed by atoms with Crippen molar-refractivity contribution < 1.29 is 4.79 Å². The molecule has 176 valence electrons. The van der Waals surface area contributed by atoms with Crippen molar-refractivity contribution in [2.24, 2.45) is 56.2 Å². The smallest absolute Gasteiger partial charge is 0.136 e. The summed E-state index contributed by atoms with van der Waals surface area (Å²) in [6.45, 7) is 20.6. The van der Waals surface area contributed by atoms with E-state index in [2.05, 4.69) is 55.4 Å². The number of carbonyl (C=O) groups excluding carboxylic acids is 1. The Bertz CT molecular complexity index is 781. The fourth-order valence-corrected chi connectivity index (χ4v) is 11.0. The average Bonchev–Trinajstić information content (AvgIpc) is 2.70. The van der Waals surface area contributed by atoms with Gasteiger partial charge in [0.25, 0.3) is 0 Å². The summed E-state index contributed by atoms with van der Waals surface area (Å²) in [4.78, 5) is 12.8. The SMILES string of the molecule is C[C@H]1C(=O)CC[C@@]2(C)[C@@H]3CC[C@@]4(C)[C@@H]5CC(C)(C)CC[C@]5(C)CC[C@]4(C)[C@H]3CC[C@]12C. The summed E-state index contributed by atoms with van der Waals surface area (Å²) in [5.41, 5.74) is 2.60. The maximum atomic E-state index is 12.8. The third-order valence-corrected chi connectivity index (χ3v) is 14.0. The zero-order chi connectivity index (χ0) is 22.7. The van der Waals surface area contributed by atoms with Crippen LogP contribution >= 0.6 is 0 Å². The fraction of sp³-hybridized carbons (Fsp3) is 0.967. The summed E-state index contributed by atoms with van der Waals surface area (Å²) >= 11 is 0. The summed E-state index contributed by atoms with van der Waals surface area (Å²) < 4.78 is 0. The van der Waals surface area contributed by atoms with Gasteiger partial charge in [-0.15, -0.1) is 0 Å². The Morgan fingerprint density at radius 2 is 1.19 bits per heavy atom. The molecule has 0 aromatic heterocycles. The molecule has 5 aliphatic rings. The molecule has 5 aliphatic carbocycles. The third-order valence-electron chi connectivity index (χ3n) is 14.0. The van der Waals surface area contributed by atoms with Crippen LogP contribution in [0.25, 0.3) is 0 Å². The normalized spacial score (nSPS) is 58.5. The van der Waals surface area contributed by atoms with Gasteiger partial charge in [0, 0.05) is 12.3 Å². The van der Waals surface area contributed by atoms with E-state index >= 15 is 0 Å². The molecule has 0 N–H and O–H groups in total. The van der Waals surface area contributed by atoms with E-state index < -0.39 is 0 Å². The molecule has 5 rings (SSSR count). The number of carbonyl (C=O) groups is 1. The number of ketones is 1. The Morgan fingerprint density at radius 3 is 1.84 bits per heavy atom. The second-order valence-corrected chi connectivity index (χ2v) is 15.2. The second-order valence-electron chi connectivity index (χ2n) is 15.2. The molecule has 31 heavy (non-hydrogen) atoms. The fourth-order valence-electron chi connectivity index (χ4n) is 11.0. The van der Waals surface area contributed by atoms with Gasteiger partial charge in [-0.3, -0.25) is 4.79 Å². The van der Waals surface area contributed by atoms with Crippen LogP contribution in [0.2, 0.25) is 0 Å². The van der Waals surface area contributed by atoms with Crippen molar-refractivity contribution in [3.8, 4) is 0 Å². The maximum absolute atomic E-state index is 12.8. The first-order valence-corrected chi connectivity index (χ1v) is 13.8. The molecule has 0 spiro atoms. The molecule has 9 atom stereocenters. The van der Waals surface area contributed by atoms with E-state index in [1.165, 1.54) is 57.8 Å². The van der Waals surface area contributed by atoms with E-state index in [0.717, 1.165) is 30.6 Å². The molecular weight excluding hydrogens is 376 g/mol. The number of fused-ring (bicyclic) bond motifs is 7. The number of hydrogen-bond donors (Lipinski definition) is 0.